The van der Waals surface area contributed by atoms with Crippen LogP contribution in [0, 0.1) is 0 Å². The molecule has 0 bridgehead atoms. The molecule has 0 amide bonds. The fraction of sp³-hybridized carbons (Fsp3) is 0.364. The van der Waals surface area contributed by atoms with Gasteiger partial charge in [0.1, 0.15) is 0 Å². The Kier molecular flexibility index (Phi) is 4.60. The monoisotopic (exact) mass is 224 g/mol. The maximum Gasteiger partial charge on any atom is 0.335 e. The van der Waals surface area contributed by atoms with Crippen molar-refractivity contribution >= 4 is 17.3 Å². The summed E-state index contributed by atoms with van der Waals surface area (Å²) in [5.74, 6) is -0.979. The van der Waals surface area contributed by atoms with E-state index in [-0.39, 0.29) is 5.56 Å². The average Bonchev–Trinajstić information content (AvgIpc) is 2.26. The van der Waals surface area contributed by atoms with Gasteiger partial charge in [0.05, 0.1) is 23.5 Å². The van der Waals surface area contributed by atoms with Crippen LogP contribution in [0.3, 0.4) is 0 Å². The third-order valence-corrected chi connectivity index (χ3v) is 2.06. The SMILES string of the molecule is CCOCCNc1ccc(C(=O)O)cc1N. The quantitative estimate of drug-likeness (QED) is 0.502. The van der Waals surface area contributed by atoms with Crippen LogP contribution in [0.5, 0.6) is 0 Å². The number of nitrogens with two attached hydrogens (primary N) is 1. The van der Waals surface area contributed by atoms with Gasteiger partial charge in [-0.3, -0.25) is 0 Å². The molecule has 88 valence electrons. The Bertz CT molecular complexity index is 366. The fourth-order valence-electron chi connectivity index (χ4n) is 1.26. The third-order valence-electron chi connectivity index (χ3n) is 2.06. The van der Waals surface area contributed by atoms with E-state index >= 15 is 0 Å². The van der Waals surface area contributed by atoms with Crippen molar-refractivity contribution in [3.63, 3.8) is 0 Å². The zero-order valence-electron chi connectivity index (χ0n) is 9.19. The van der Waals surface area contributed by atoms with Crippen LogP contribution < -0.4 is 11.1 Å². The Morgan fingerprint density at radius 2 is 2.31 bits per heavy atom. The van der Waals surface area contributed by atoms with E-state index in [1.54, 1.807) is 6.07 Å². The number of ether oxygens (including phenoxy) is 1. The van der Waals surface area contributed by atoms with Gasteiger partial charge in [0.25, 0.3) is 0 Å². The number of nitrogen functional groups attached to an aromatic ring is 1. The topological polar surface area (TPSA) is 84.6 Å². The third kappa shape index (κ3) is 3.43. The highest BCUT2D eigenvalue weighted by Gasteiger charge is 2.05. The van der Waals surface area contributed by atoms with E-state index in [2.05, 4.69) is 5.32 Å². The van der Waals surface area contributed by atoms with E-state index in [9.17, 15) is 4.79 Å². The van der Waals surface area contributed by atoms with Gasteiger partial charge < -0.3 is 20.9 Å². The van der Waals surface area contributed by atoms with Crippen LogP contribution >= 0.6 is 0 Å². The Balaban J connectivity index is 2.57. The first kappa shape index (κ1) is 12.3. The smallest absolute Gasteiger partial charge is 0.335 e. The van der Waals surface area contributed by atoms with E-state index in [0.29, 0.717) is 25.4 Å². The molecule has 0 unspecified atom stereocenters. The number of hydrogen-bond acceptors (Lipinski definition) is 4. The summed E-state index contributed by atoms with van der Waals surface area (Å²) < 4.78 is 5.16. The van der Waals surface area contributed by atoms with Gasteiger partial charge in [-0.15, -0.1) is 0 Å². The van der Waals surface area contributed by atoms with E-state index in [4.69, 9.17) is 15.6 Å². The van der Waals surface area contributed by atoms with Crippen molar-refractivity contribution in [1.29, 1.82) is 0 Å². The molecule has 0 radical (unpaired) electrons. The molecule has 5 heteroatoms. The lowest BCUT2D eigenvalue weighted by Crippen LogP contribution is -2.11. The number of carboxylic acids is 1. The second kappa shape index (κ2) is 5.97. The molecule has 16 heavy (non-hydrogen) atoms. The van der Waals surface area contributed by atoms with E-state index < -0.39 is 5.97 Å². The van der Waals surface area contributed by atoms with Crippen LogP contribution in [0.2, 0.25) is 0 Å². The lowest BCUT2D eigenvalue weighted by Gasteiger charge is -2.09. The molecule has 5 nitrogen and oxygen atoms in total. The van der Waals surface area contributed by atoms with Crippen LogP contribution in [-0.4, -0.2) is 30.8 Å². The predicted molar refractivity (Wildman–Crippen MR) is 62.8 cm³/mol. The Morgan fingerprint density at radius 1 is 1.56 bits per heavy atom. The zero-order valence-corrected chi connectivity index (χ0v) is 9.19. The number of anilines is 2. The second-order valence-electron chi connectivity index (χ2n) is 3.23. The second-order valence-corrected chi connectivity index (χ2v) is 3.23. The van der Waals surface area contributed by atoms with Crippen LogP contribution in [0.1, 0.15) is 17.3 Å². The van der Waals surface area contributed by atoms with Crippen molar-refractivity contribution in [2.75, 3.05) is 30.8 Å². The van der Waals surface area contributed by atoms with Crippen LogP contribution in [0.4, 0.5) is 11.4 Å². The number of aromatic carboxylic acids is 1. The van der Waals surface area contributed by atoms with Crippen molar-refractivity contribution in [2.45, 2.75) is 6.92 Å². The highest BCUT2D eigenvalue weighted by molar-refractivity contribution is 5.90. The molecule has 1 rings (SSSR count). The zero-order chi connectivity index (χ0) is 12.0. The first-order chi connectivity index (χ1) is 7.65. The molecule has 0 aliphatic heterocycles. The van der Waals surface area contributed by atoms with Crippen LogP contribution in [0.15, 0.2) is 18.2 Å². The summed E-state index contributed by atoms with van der Waals surface area (Å²) in [5.41, 5.74) is 7.05. The molecule has 1 aromatic carbocycles. The van der Waals surface area contributed by atoms with Crippen molar-refractivity contribution in [2.24, 2.45) is 0 Å². The number of carbonyl (C=O) groups is 1. The molecule has 0 aromatic heterocycles. The predicted octanol–water partition coefficient (Wildman–Crippen LogP) is 1.42. The van der Waals surface area contributed by atoms with Gasteiger partial charge in [-0.1, -0.05) is 0 Å². The first-order valence-corrected chi connectivity index (χ1v) is 5.09. The van der Waals surface area contributed by atoms with Gasteiger partial charge in [0.2, 0.25) is 0 Å². The summed E-state index contributed by atoms with van der Waals surface area (Å²) in [7, 11) is 0. The number of rotatable bonds is 6. The molecule has 0 saturated heterocycles. The molecule has 0 heterocycles. The summed E-state index contributed by atoms with van der Waals surface area (Å²) in [5, 5.41) is 11.8. The Morgan fingerprint density at radius 3 is 2.88 bits per heavy atom. The van der Waals surface area contributed by atoms with Crippen molar-refractivity contribution in [1.82, 2.24) is 0 Å². The van der Waals surface area contributed by atoms with Gasteiger partial charge >= 0.3 is 5.97 Å². The van der Waals surface area contributed by atoms with Crippen molar-refractivity contribution in [3.05, 3.63) is 23.8 Å². The highest BCUT2D eigenvalue weighted by atomic mass is 16.5. The average molecular weight is 224 g/mol. The number of hydrogen-bond donors (Lipinski definition) is 3. The molecule has 0 atom stereocenters. The summed E-state index contributed by atoms with van der Waals surface area (Å²) >= 11 is 0. The molecule has 1 aromatic rings. The normalized spacial score (nSPS) is 10.1. The Hall–Kier alpha value is -1.75. The lowest BCUT2D eigenvalue weighted by molar-refractivity contribution is 0.0697. The van der Waals surface area contributed by atoms with Crippen LogP contribution in [-0.2, 0) is 4.74 Å². The first-order valence-electron chi connectivity index (χ1n) is 5.09. The molecule has 0 spiro atoms. The minimum atomic E-state index is -0.979. The number of carboxylic acid groups (broad SMARTS) is 1. The number of nitrogens with one attached hydrogen (secondary N) is 1. The summed E-state index contributed by atoms with van der Waals surface area (Å²) in [6.45, 7) is 3.84. The molecule has 0 fully saturated rings. The maximum atomic E-state index is 10.7. The van der Waals surface area contributed by atoms with E-state index in [1.807, 2.05) is 6.92 Å². The molecule has 0 aliphatic carbocycles. The minimum absolute atomic E-state index is 0.188. The van der Waals surface area contributed by atoms with Crippen LogP contribution in [0.25, 0.3) is 0 Å². The summed E-state index contributed by atoms with van der Waals surface area (Å²) in [4.78, 5) is 10.7. The number of benzene rings is 1. The fourth-order valence-corrected chi connectivity index (χ4v) is 1.26. The largest absolute Gasteiger partial charge is 0.478 e. The summed E-state index contributed by atoms with van der Waals surface area (Å²) in [6.07, 6.45) is 0. The van der Waals surface area contributed by atoms with Crippen molar-refractivity contribution in [3.8, 4) is 0 Å². The highest BCUT2D eigenvalue weighted by Crippen LogP contribution is 2.19. The van der Waals surface area contributed by atoms with Gasteiger partial charge in [0.15, 0.2) is 0 Å². The van der Waals surface area contributed by atoms with Gasteiger partial charge in [0, 0.05) is 13.2 Å². The minimum Gasteiger partial charge on any atom is -0.478 e. The van der Waals surface area contributed by atoms with Gasteiger partial charge in [-0.05, 0) is 25.1 Å². The lowest BCUT2D eigenvalue weighted by atomic mass is 10.2. The Labute approximate surface area is 94.2 Å². The van der Waals surface area contributed by atoms with E-state index in [0.717, 1.165) is 5.69 Å². The van der Waals surface area contributed by atoms with E-state index in [1.165, 1.54) is 12.1 Å². The summed E-state index contributed by atoms with van der Waals surface area (Å²) in [6, 6.07) is 4.61. The standard InChI is InChI=1S/C11H16N2O3/c1-2-16-6-5-13-10-4-3-8(11(14)15)7-9(10)12/h3-4,7,13H,2,5-6,12H2,1H3,(H,14,15). The van der Waals surface area contributed by atoms with Gasteiger partial charge in [-0.25, -0.2) is 4.79 Å². The maximum absolute atomic E-state index is 10.7. The molecule has 0 saturated carbocycles. The molecular weight excluding hydrogens is 208 g/mol. The van der Waals surface area contributed by atoms with Gasteiger partial charge in [-0.2, -0.15) is 0 Å². The molecular formula is C11H16N2O3. The van der Waals surface area contributed by atoms with Crippen molar-refractivity contribution < 1.29 is 14.6 Å². The molecule has 4 N–H and O–H groups in total. The molecule has 0 aliphatic rings.